The molecule has 0 amide bonds. The first-order valence-electron chi connectivity index (χ1n) is 7.80. The normalized spacial score (nSPS) is 11.3. The lowest BCUT2D eigenvalue weighted by Gasteiger charge is -2.10. The van der Waals surface area contributed by atoms with Crippen molar-refractivity contribution >= 4 is 29.0 Å². The van der Waals surface area contributed by atoms with Crippen molar-refractivity contribution in [1.29, 1.82) is 0 Å². The maximum absolute atomic E-state index is 13.8. The minimum absolute atomic E-state index is 0.00260. The Morgan fingerprint density at radius 1 is 1.15 bits per heavy atom. The number of nitrogens with zero attached hydrogens (tertiary/aromatic N) is 2. The number of carboxylic acid groups (broad SMARTS) is 1. The lowest BCUT2D eigenvalue weighted by Crippen LogP contribution is -2.25. The van der Waals surface area contributed by atoms with Crippen molar-refractivity contribution in [2.45, 2.75) is 13.0 Å². The third-order valence-corrected chi connectivity index (χ3v) is 3.81. The molecule has 132 valence electrons. The second-order valence-corrected chi connectivity index (χ2v) is 5.59. The highest BCUT2D eigenvalue weighted by Gasteiger charge is 2.10. The number of benzene rings is 2. The van der Waals surface area contributed by atoms with Gasteiger partial charge in [0.15, 0.2) is 0 Å². The Bertz CT molecular complexity index is 1070. The van der Waals surface area contributed by atoms with Gasteiger partial charge in [0.05, 0.1) is 17.3 Å². The summed E-state index contributed by atoms with van der Waals surface area (Å²) in [6, 6.07) is 9.68. The molecule has 7 heteroatoms. The fraction of sp³-hybridized carbons (Fsp3) is 0.105. The van der Waals surface area contributed by atoms with Crippen LogP contribution in [0.3, 0.4) is 0 Å². The number of para-hydroxylation sites is 1. The van der Waals surface area contributed by atoms with Crippen LogP contribution in [0.5, 0.6) is 0 Å². The molecule has 0 radical (unpaired) electrons. The largest absolute Gasteiger partial charge is 0.481 e. The molecule has 0 spiro atoms. The van der Waals surface area contributed by atoms with Crippen LogP contribution in [0, 0.1) is 11.6 Å². The summed E-state index contributed by atoms with van der Waals surface area (Å²) in [5, 5.41) is 9.25. The van der Waals surface area contributed by atoms with Gasteiger partial charge >= 0.3 is 5.97 Å². The number of hydrogen-bond acceptors (Lipinski definition) is 3. The Kier molecular flexibility index (Phi) is 4.88. The molecule has 0 unspecified atom stereocenters. The summed E-state index contributed by atoms with van der Waals surface area (Å²) in [6.07, 6.45) is 2.40. The van der Waals surface area contributed by atoms with Gasteiger partial charge in [0, 0.05) is 12.1 Å². The Morgan fingerprint density at radius 3 is 2.69 bits per heavy atom. The van der Waals surface area contributed by atoms with Crippen LogP contribution >= 0.6 is 0 Å². The van der Waals surface area contributed by atoms with E-state index in [-0.39, 0.29) is 24.4 Å². The average Bonchev–Trinajstić information content (AvgIpc) is 2.61. The van der Waals surface area contributed by atoms with Crippen molar-refractivity contribution in [3.05, 3.63) is 75.8 Å². The molecule has 0 aliphatic heterocycles. The molecule has 0 aliphatic rings. The zero-order valence-electron chi connectivity index (χ0n) is 13.5. The SMILES string of the molecule is O=C(O)CCn1c(C=Cc2cc(F)ccc2F)nc2ccccc2c1=O. The number of aliphatic carboxylic acids is 1. The molecule has 26 heavy (non-hydrogen) atoms. The van der Waals surface area contributed by atoms with Gasteiger partial charge in [-0.25, -0.2) is 13.8 Å². The third kappa shape index (κ3) is 3.66. The molecule has 0 saturated carbocycles. The maximum atomic E-state index is 13.8. The first kappa shape index (κ1) is 17.5. The third-order valence-electron chi connectivity index (χ3n) is 3.81. The zero-order valence-corrected chi connectivity index (χ0v) is 13.5. The molecule has 2 aromatic carbocycles. The van der Waals surface area contributed by atoms with Crippen molar-refractivity contribution in [2.75, 3.05) is 0 Å². The van der Waals surface area contributed by atoms with Crippen molar-refractivity contribution in [3.63, 3.8) is 0 Å². The van der Waals surface area contributed by atoms with Crippen molar-refractivity contribution < 1.29 is 18.7 Å². The van der Waals surface area contributed by atoms with E-state index < -0.39 is 23.2 Å². The second kappa shape index (κ2) is 7.26. The lowest BCUT2D eigenvalue weighted by atomic mass is 10.2. The topological polar surface area (TPSA) is 72.2 Å². The molecule has 0 fully saturated rings. The van der Waals surface area contributed by atoms with E-state index in [1.54, 1.807) is 24.3 Å². The van der Waals surface area contributed by atoms with Crippen molar-refractivity contribution in [1.82, 2.24) is 9.55 Å². The Balaban J connectivity index is 2.12. The molecule has 3 rings (SSSR count). The van der Waals surface area contributed by atoms with E-state index in [2.05, 4.69) is 4.98 Å². The minimum Gasteiger partial charge on any atom is -0.481 e. The van der Waals surface area contributed by atoms with Gasteiger partial charge in [-0.3, -0.25) is 14.2 Å². The molecule has 1 aromatic heterocycles. The van der Waals surface area contributed by atoms with Gasteiger partial charge in [-0.15, -0.1) is 0 Å². The molecular weight excluding hydrogens is 342 g/mol. The Morgan fingerprint density at radius 2 is 1.92 bits per heavy atom. The fourth-order valence-corrected chi connectivity index (χ4v) is 2.54. The van der Waals surface area contributed by atoms with Crippen molar-refractivity contribution in [3.8, 4) is 0 Å². The van der Waals surface area contributed by atoms with E-state index in [1.165, 1.54) is 16.7 Å². The predicted octanol–water partition coefficient (Wildman–Crippen LogP) is 3.32. The van der Waals surface area contributed by atoms with E-state index in [9.17, 15) is 18.4 Å². The summed E-state index contributed by atoms with van der Waals surface area (Å²) in [5.41, 5.74) is 0.0387. The van der Waals surface area contributed by atoms with Crippen LogP contribution in [0.25, 0.3) is 23.1 Å². The van der Waals surface area contributed by atoms with Gasteiger partial charge in [0.1, 0.15) is 17.5 Å². The summed E-state index contributed by atoms with van der Waals surface area (Å²) in [4.78, 5) is 27.9. The van der Waals surface area contributed by atoms with Crippen LogP contribution in [0.2, 0.25) is 0 Å². The first-order valence-corrected chi connectivity index (χ1v) is 7.80. The monoisotopic (exact) mass is 356 g/mol. The lowest BCUT2D eigenvalue weighted by molar-refractivity contribution is -0.137. The predicted molar refractivity (Wildman–Crippen MR) is 93.5 cm³/mol. The van der Waals surface area contributed by atoms with Crippen molar-refractivity contribution in [2.24, 2.45) is 0 Å². The molecule has 0 bridgehead atoms. The molecule has 0 atom stereocenters. The number of fused-ring (bicyclic) bond motifs is 1. The van der Waals surface area contributed by atoms with E-state index in [0.717, 1.165) is 18.2 Å². The quantitative estimate of drug-likeness (QED) is 0.761. The van der Waals surface area contributed by atoms with Gasteiger partial charge in [-0.1, -0.05) is 12.1 Å². The van der Waals surface area contributed by atoms with Gasteiger partial charge < -0.3 is 5.11 Å². The van der Waals surface area contributed by atoms with Crippen LogP contribution in [-0.2, 0) is 11.3 Å². The van der Waals surface area contributed by atoms with Crippen LogP contribution in [-0.4, -0.2) is 20.6 Å². The molecule has 0 aliphatic carbocycles. The van der Waals surface area contributed by atoms with Gasteiger partial charge in [0.25, 0.3) is 5.56 Å². The number of aromatic nitrogens is 2. The Hall–Kier alpha value is -3.35. The Labute approximate surface area is 146 Å². The number of carboxylic acids is 1. The highest BCUT2D eigenvalue weighted by atomic mass is 19.1. The summed E-state index contributed by atoms with van der Waals surface area (Å²) >= 11 is 0. The molecule has 5 nitrogen and oxygen atoms in total. The van der Waals surface area contributed by atoms with Gasteiger partial charge in [0.2, 0.25) is 0 Å². The summed E-state index contributed by atoms with van der Waals surface area (Å²) in [5.74, 6) is -2.11. The fourth-order valence-electron chi connectivity index (χ4n) is 2.54. The van der Waals surface area contributed by atoms with E-state index in [1.807, 2.05) is 0 Å². The van der Waals surface area contributed by atoms with Gasteiger partial charge in [-0.05, 0) is 42.5 Å². The summed E-state index contributed by atoms with van der Waals surface area (Å²) < 4.78 is 28.3. The number of hydrogen-bond donors (Lipinski definition) is 1. The van der Waals surface area contributed by atoms with E-state index in [0.29, 0.717) is 10.9 Å². The van der Waals surface area contributed by atoms with E-state index in [4.69, 9.17) is 5.11 Å². The van der Waals surface area contributed by atoms with E-state index >= 15 is 0 Å². The van der Waals surface area contributed by atoms with Crippen LogP contribution in [0.15, 0.2) is 47.3 Å². The van der Waals surface area contributed by atoms with Gasteiger partial charge in [-0.2, -0.15) is 0 Å². The average molecular weight is 356 g/mol. The molecule has 1 heterocycles. The minimum atomic E-state index is -1.06. The summed E-state index contributed by atoms with van der Waals surface area (Å²) in [7, 11) is 0. The number of rotatable bonds is 5. The number of halogens is 2. The highest BCUT2D eigenvalue weighted by Crippen LogP contribution is 2.15. The number of carbonyl (C=O) groups is 1. The standard InChI is InChI=1S/C19H14F2N2O3/c20-13-6-7-15(21)12(11-13)5-8-17-22-16-4-2-1-3-14(16)19(26)23(17)10-9-18(24)25/h1-8,11H,9-10H2,(H,24,25). The van der Waals surface area contributed by atoms with Crippen LogP contribution in [0.1, 0.15) is 17.8 Å². The second-order valence-electron chi connectivity index (χ2n) is 5.59. The molecule has 1 N–H and O–H groups in total. The smallest absolute Gasteiger partial charge is 0.305 e. The molecular formula is C19H14F2N2O3. The van der Waals surface area contributed by atoms with Crippen LogP contribution < -0.4 is 5.56 Å². The highest BCUT2D eigenvalue weighted by molar-refractivity contribution is 5.79. The first-order chi connectivity index (χ1) is 12.5. The molecule has 0 saturated heterocycles. The van der Waals surface area contributed by atoms with Crippen LogP contribution in [0.4, 0.5) is 8.78 Å². The maximum Gasteiger partial charge on any atom is 0.305 e. The summed E-state index contributed by atoms with van der Waals surface area (Å²) in [6.45, 7) is -0.0860. The zero-order chi connectivity index (χ0) is 18.7. The molecule has 3 aromatic rings.